The zero-order valence-corrected chi connectivity index (χ0v) is 30.2. The second-order valence-corrected chi connectivity index (χ2v) is 15.7. The molecule has 0 radical (unpaired) electrons. The molecule has 12 rings (SSSR count). The summed E-state index contributed by atoms with van der Waals surface area (Å²) >= 11 is 0. The van der Waals surface area contributed by atoms with Crippen LogP contribution in [0, 0.1) is 0 Å². The van der Waals surface area contributed by atoms with Crippen molar-refractivity contribution in [2.45, 2.75) is 19.3 Å². The van der Waals surface area contributed by atoms with E-state index in [9.17, 15) is 0 Å². The van der Waals surface area contributed by atoms with E-state index in [1.165, 1.54) is 115 Å². The van der Waals surface area contributed by atoms with Crippen LogP contribution in [-0.2, 0) is 5.41 Å². The van der Waals surface area contributed by atoms with Crippen LogP contribution in [0.1, 0.15) is 25.0 Å². The maximum absolute atomic E-state index is 2.48. The summed E-state index contributed by atoms with van der Waals surface area (Å²) < 4.78 is 2.48. The van der Waals surface area contributed by atoms with E-state index in [4.69, 9.17) is 0 Å². The van der Waals surface area contributed by atoms with E-state index < -0.39 is 0 Å². The first-order chi connectivity index (χ1) is 26.5. The molecule has 0 unspecified atom stereocenters. The van der Waals surface area contributed by atoms with Crippen molar-refractivity contribution in [3.8, 4) is 39.1 Å². The Morgan fingerprint density at radius 1 is 0.370 bits per heavy atom. The third kappa shape index (κ3) is 3.94. The molecule has 0 aliphatic heterocycles. The summed E-state index contributed by atoms with van der Waals surface area (Å²) in [7, 11) is 0. The Hall–Kier alpha value is -6.70. The molecule has 0 spiro atoms. The first-order valence-electron chi connectivity index (χ1n) is 19.0. The van der Waals surface area contributed by atoms with Gasteiger partial charge in [0.2, 0.25) is 0 Å². The fraction of sp³-hybridized carbons (Fsp3) is 0.0566. The van der Waals surface area contributed by atoms with Gasteiger partial charge in [-0.3, -0.25) is 0 Å². The molecule has 1 aliphatic carbocycles. The Labute approximate surface area is 313 Å². The quantitative estimate of drug-likeness (QED) is 0.163. The van der Waals surface area contributed by atoms with Gasteiger partial charge in [0.05, 0.1) is 11.0 Å². The van der Waals surface area contributed by atoms with Crippen molar-refractivity contribution in [3.05, 3.63) is 187 Å². The lowest BCUT2D eigenvalue weighted by atomic mass is 9.82. The number of benzene rings is 10. The molecule has 0 saturated heterocycles. The van der Waals surface area contributed by atoms with Gasteiger partial charge in [0.25, 0.3) is 0 Å². The Morgan fingerprint density at radius 3 is 1.81 bits per heavy atom. The molecule has 11 aromatic rings. The van der Waals surface area contributed by atoms with E-state index in [0.29, 0.717) is 0 Å². The highest BCUT2D eigenvalue weighted by atomic mass is 15.0. The first-order valence-corrected chi connectivity index (χ1v) is 19.0. The second-order valence-electron chi connectivity index (χ2n) is 15.7. The van der Waals surface area contributed by atoms with Crippen LogP contribution < -0.4 is 0 Å². The van der Waals surface area contributed by atoms with Crippen molar-refractivity contribution >= 4 is 64.9 Å². The third-order valence-corrected chi connectivity index (χ3v) is 12.5. The Morgan fingerprint density at radius 2 is 1.02 bits per heavy atom. The number of nitrogens with zero attached hydrogens (tertiary/aromatic N) is 1. The van der Waals surface area contributed by atoms with Gasteiger partial charge in [-0.25, -0.2) is 0 Å². The van der Waals surface area contributed by atoms with E-state index in [-0.39, 0.29) is 5.41 Å². The minimum absolute atomic E-state index is 0.0471. The first kappa shape index (κ1) is 29.8. The summed E-state index contributed by atoms with van der Waals surface area (Å²) in [6.07, 6.45) is 0. The van der Waals surface area contributed by atoms with Crippen LogP contribution in [-0.4, -0.2) is 4.57 Å². The molecule has 252 valence electrons. The van der Waals surface area contributed by atoms with Gasteiger partial charge >= 0.3 is 0 Å². The Bertz CT molecular complexity index is 3360. The number of hydrogen-bond acceptors (Lipinski definition) is 0. The average Bonchev–Trinajstić information content (AvgIpc) is 3.68. The smallest absolute Gasteiger partial charge is 0.0547 e. The molecule has 0 fully saturated rings. The lowest BCUT2D eigenvalue weighted by Gasteiger charge is -2.21. The molecule has 0 N–H and O–H groups in total. The van der Waals surface area contributed by atoms with Gasteiger partial charge < -0.3 is 4.57 Å². The van der Waals surface area contributed by atoms with Crippen molar-refractivity contribution in [2.75, 3.05) is 0 Å². The van der Waals surface area contributed by atoms with Crippen molar-refractivity contribution in [1.29, 1.82) is 0 Å². The molecule has 1 aliphatic rings. The summed E-state index contributed by atoms with van der Waals surface area (Å²) in [5.41, 5.74) is 14.2. The molecule has 1 aromatic heterocycles. The Kier molecular flexibility index (Phi) is 5.90. The van der Waals surface area contributed by atoms with Gasteiger partial charge in [0.15, 0.2) is 0 Å². The normalized spacial score (nSPS) is 13.5. The van der Waals surface area contributed by atoms with Crippen LogP contribution in [0.3, 0.4) is 0 Å². The monoisotopic (exact) mass is 685 g/mol. The molecular formula is C53H35N. The zero-order chi connectivity index (χ0) is 35.7. The standard InChI is InChI=1S/C53H35N/c1-53(2)45-16-7-5-14-43(45)51-46(53)28-29-48-52(51)44-15-6-8-17-47(44)54(48)38-13-9-12-36(31-38)39-24-20-33-23-27-42-40(25-21-34-22-26-41(39)49(33)50(34)42)37-19-18-32-10-3-4-11-35(32)30-37/h3-31H,1-2H3. The number of hydrogen-bond donors (Lipinski definition) is 0. The van der Waals surface area contributed by atoms with Gasteiger partial charge in [-0.15, -0.1) is 0 Å². The highest BCUT2D eigenvalue weighted by Gasteiger charge is 2.37. The maximum atomic E-state index is 2.48. The van der Waals surface area contributed by atoms with Crippen LogP contribution >= 0.6 is 0 Å². The van der Waals surface area contributed by atoms with E-state index >= 15 is 0 Å². The topological polar surface area (TPSA) is 4.93 Å². The van der Waals surface area contributed by atoms with Crippen LogP contribution in [0.2, 0.25) is 0 Å². The molecular weight excluding hydrogens is 651 g/mol. The second kappa shape index (κ2) is 10.7. The highest BCUT2D eigenvalue weighted by Crippen LogP contribution is 2.53. The third-order valence-electron chi connectivity index (χ3n) is 12.5. The molecule has 54 heavy (non-hydrogen) atoms. The molecule has 0 amide bonds. The van der Waals surface area contributed by atoms with Crippen LogP contribution in [0.25, 0.3) is 104 Å². The van der Waals surface area contributed by atoms with E-state index in [1.54, 1.807) is 0 Å². The minimum atomic E-state index is -0.0471. The zero-order valence-electron chi connectivity index (χ0n) is 30.2. The van der Waals surface area contributed by atoms with E-state index in [0.717, 1.165) is 0 Å². The summed E-state index contributed by atoms with van der Waals surface area (Å²) in [4.78, 5) is 0. The summed E-state index contributed by atoms with van der Waals surface area (Å²) in [5, 5.41) is 13.0. The summed E-state index contributed by atoms with van der Waals surface area (Å²) in [6.45, 7) is 4.74. The van der Waals surface area contributed by atoms with Crippen molar-refractivity contribution in [3.63, 3.8) is 0 Å². The Balaban J connectivity index is 1.07. The molecule has 0 atom stereocenters. The SMILES string of the molecule is CC1(C)c2ccccc2-c2c1ccc1c2c2ccccc2n1-c1cccc(-c2ccc3ccc4c(-c5ccc6ccccc6c5)ccc5ccc2c3c54)c1. The van der Waals surface area contributed by atoms with Crippen molar-refractivity contribution in [1.82, 2.24) is 4.57 Å². The fourth-order valence-corrected chi connectivity index (χ4v) is 10.0. The predicted octanol–water partition coefficient (Wildman–Crippen LogP) is 14.5. The van der Waals surface area contributed by atoms with Gasteiger partial charge in [-0.1, -0.05) is 159 Å². The fourth-order valence-electron chi connectivity index (χ4n) is 10.0. The highest BCUT2D eigenvalue weighted by molar-refractivity contribution is 6.28. The number of fused-ring (bicyclic) bond motifs is 8. The van der Waals surface area contributed by atoms with Gasteiger partial charge in [-0.2, -0.15) is 0 Å². The van der Waals surface area contributed by atoms with Gasteiger partial charge in [0, 0.05) is 21.9 Å². The van der Waals surface area contributed by atoms with Gasteiger partial charge in [0.1, 0.15) is 0 Å². The van der Waals surface area contributed by atoms with Crippen LogP contribution in [0.4, 0.5) is 0 Å². The lowest BCUT2D eigenvalue weighted by Crippen LogP contribution is -2.14. The molecule has 0 bridgehead atoms. The number of para-hydroxylation sites is 1. The van der Waals surface area contributed by atoms with Crippen molar-refractivity contribution in [2.24, 2.45) is 0 Å². The minimum Gasteiger partial charge on any atom is -0.309 e. The number of aromatic nitrogens is 1. The van der Waals surface area contributed by atoms with Crippen molar-refractivity contribution < 1.29 is 0 Å². The molecule has 1 heterocycles. The van der Waals surface area contributed by atoms with Crippen LogP contribution in [0.15, 0.2) is 176 Å². The lowest BCUT2D eigenvalue weighted by molar-refractivity contribution is 0.661. The van der Waals surface area contributed by atoms with E-state index in [2.05, 4.69) is 194 Å². The maximum Gasteiger partial charge on any atom is 0.0547 e. The van der Waals surface area contributed by atoms with Crippen LogP contribution in [0.5, 0.6) is 0 Å². The molecule has 1 nitrogen and oxygen atoms in total. The number of rotatable bonds is 3. The van der Waals surface area contributed by atoms with Gasteiger partial charge in [-0.05, 0) is 118 Å². The average molecular weight is 686 g/mol. The molecule has 10 aromatic carbocycles. The summed E-state index contributed by atoms with van der Waals surface area (Å²) in [6, 6.07) is 65.9. The summed E-state index contributed by atoms with van der Waals surface area (Å²) in [5.74, 6) is 0. The van der Waals surface area contributed by atoms with E-state index in [1.807, 2.05) is 0 Å². The molecule has 1 heteroatoms. The molecule has 0 saturated carbocycles. The largest absolute Gasteiger partial charge is 0.309 e. The predicted molar refractivity (Wildman–Crippen MR) is 230 cm³/mol.